The molecule has 0 aliphatic heterocycles. The molecule has 0 fully saturated rings. The lowest BCUT2D eigenvalue weighted by Crippen LogP contribution is -2.09. The van der Waals surface area contributed by atoms with Crippen molar-refractivity contribution in [2.75, 3.05) is 0 Å². The molecule has 0 rings (SSSR count). The molecule has 0 atom stereocenters. The average molecular weight is 384 g/mol. The molecule has 0 aromatic heterocycles. The smallest absolute Gasteiger partial charge is 0.268 e. The quantitative estimate of drug-likeness (QED) is 0.0955. The lowest BCUT2D eigenvalue weighted by Gasteiger charge is -2.02. The van der Waals surface area contributed by atoms with Gasteiger partial charge in [-0.2, -0.15) is 0 Å². The predicted molar refractivity (Wildman–Crippen MR) is 111 cm³/mol. The van der Waals surface area contributed by atoms with E-state index >= 15 is 0 Å². The van der Waals surface area contributed by atoms with Crippen LogP contribution in [0.15, 0.2) is 12.2 Å². The van der Waals surface area contributed by atoms with Crippen molar-refractivity contribution in [3.05, 3.63) is 22.3 Å². The van der Waals surface area contributed by atoms with E-state index in [2.05, 4.69) is 23.9 Å². The van der Waals surface area contributed by atoms with Crippen molar-refractivity contribution in [3.63, 3.8) is 0 Å². The van der Waals surface area contributed by atoms with Crippen LogP contribution in [0.25, 0.3) is 0 Å². The van der Waals surface area contributed by atoms with E-state index in [4.69, 9.17) is 0 Å². The van der Waals surface area contributed by atoms with Gasteiger partial charge in [0, 0.05) is 6.42 Å². The Balaban J connectivity index is 3.15. The topological polar surface area (TPSA) is 69.4 Å². The molecular formula is C22H41NO4. The van der Waals surface area contributed by atoms with Gasteiger partial charge in [0.2, 0.25) is 0 Å². The molecule has 5 heteroatoms. The Morgan fingerprint density at radius 3 is 1.59 bits per heavy atom. The second-order valence-corrected chi connectivity index (χ2v) is 7.44. The highest BCUT2D eigenvalue weighted by Gasteiger charge is 2.06. The minimum atomic E-state index is -1.03. The van der Waals surface area contributed by atoms with Crippen LogP contribution in [-0.4, -0.2) is 11.1 Å². The first-order valence-corrected chi connectivity index (χ1v) is 11.2. The number of unbranched alkanes of at least 4 members (excludes halogenated alkanes) is 15. The van der Waals surface area contributed by atoms with Crippen molar-refractivity contribution in [1.82, 2.24) is 0 Å². The molecule has 0 aromatic rings. The summed E-state index contributed by atoms with van der Waals surface area (Å²) in [6.45, 7) is 2.26. The fraction of sp³-hybridized carbons (Fsp3) is 0.864. The number of rotatable bonds is 20. The Bertz CT molecular complexity index is 383. The number of nitrogens with zero attached hydrogens (tertiary/aromatic N) is 1. The molecule has 0 aliphatic rings. The van der Waals surface area contributed by atoms with E-state index in [0.29, 0.717) is 6.42 Å². The van der Waals surface area contributed by atoms with Crippen molar-refractivity contribution in [2.24, 2.45) is 0 Å². The Morgan fingerprint density at radius 2 is 1.15 bits per heavy atom. The minimum Gasteiger partial charge on any atom is -0.268 e. The molecular weight excluding hydrogens is 342 g/mol. The lowest BCUT2D eigenvalue weighted by atomic mass is 10.1. The third kappa shape index (κ3) is 22.6. The fourth-order valence-electron chi connectivity index (χ4n) is 3.18. The second-order valence-electron chi connectivity index (χ2n) is 7.44. The van der Waals surface area contributed by atoms with Crippen molar-refractivity contribution >= 4 is 5.97 Å². The van der Waals surface area contributed by atoms with E-state index in [0.717, 1.165) is 12.8 Å². The Morgan fingerprint density at radius 1 is 0.741 bits per heavy atom. The number of carbonyl (C=O) groups excluding carboxylic acids is 1. The maximum absolute atomic E-state index is 11.0. The average Bonchev–Trinajstić information content (AvgIpc) is 2.63. The van der Waals surface area contributed by atoms with E-state index in [1.54, 1.807) is 0 Å². The SMILES string of the molecule is CCCCCCCC/C=C\CCCCCCCCCCCC(=O)O[N+](=O)[O-]. The van der Waals surface area contributed by atoms with Crippen molar-refractivity contribution in [2.45, 2.75) is 122 Å². The van der Waals surface area contributed by atoms with Crippen LogP contribution in [0, 0.1) is 10.1 Å². The van der Waals surface area contributed by atoms with E-state index in [-0.39, 0.29) is 6.42 Å². The first-order valence-electron chi connectivity index (χ1n) is 11.2. The van der Waals surface area contributed by atoms with E-state index in [9.17, 15) is 14.9 Å². The van der Waals surface area contributed by atoms with Crippen molar-refractivity contribution < 1.29 is 14.7 Å². The van der Waals surface area contributed by atoms with Crippen LogP contribution < -0.4 is 0 Å². The second kappa shape index (κ2) is 20.9. The number of allylic oxidation sites excluding steroid dienone is 2. The number of hydrogen-bond acceptors (Lipinski definition) is 4. The normalized spacial score (nSPS) is 11.1. The fourth-order valence-corrected chi connectivity index (χ4v) is 3.18. The van der Waals surface area contributed by atoms with Gasteiger partial charge in [0.05, 0.1) is 0 Å². The summed E-state index contributed by atoms with van der Waals surface area (Å²) in [5, 5.41) is 8.94. The molecule has 0 amide bonds. The third-order valence-electron chi connectivity index (χ3n) is 4.82. The van der Waals surface area contributed by atoms with Crippen molar-refractivity contribution in [3.8, 4) is 0 Å². The molecule has 0 saturated carbocycles. The van der Waals surface area contributed by atoms with Gasteiger partial charge in [-0.15, -0.1) is 10.1 Å². The summed E-state index contributed by atoms with van der Waals surface area (Å²) in [6, 6.07) is 0. The van der Waals surface area contributed by atoms with Crippen LogP contribution in [0.3, 0.4) is 0 Å². The third-order valence-corrected chi connectivity index (χ3v) is 4.82. The lowest BCUT2D eigenvalue weighted by molar-refractivity contribution is -0.729. The summed E-state index contributed by atoms with van der Waals surface area (Å²) in [4.78, 5) is 24.8. The van der Waals surface area contributed by atoms with Crippen molar-refractivity contribution in [1.29, 1.82) is 0 Å². The first kappa shape index (κ1) is 25.6. The van der Waals surface area contributed by atoms with Crippen LogP contribution in [0.5, 0.6) is 0 Å². The molecule has 0 aliphatic carbocycles. The van der Waals surface area contributed by atoms with E-state index < -0.39 is 11.1 Å². The van der Waals surface area contributed by atoms with Gasteiger partial charge in [0.1, 0.15) is 0 Å². The molecule has 0 saturated heterocycles. The van der Waals surface area contributed by atoms with Gasteiger partial charge in [-0.05, 0) is 32.1 Å². The van der Waals surface area contributed by atoms with Gasteiger partial charge >= 0.3 is 11.1 Å². The molecule has 27 heavy (non-hydrogen) atoms. The molecule has 0 N–H and O–H groups in total. The van der Waals surface area contributed by atoms with Gasteiger partial charge in [0.25, 0.3) is 0 Å². The summed E-state index contributed by atoms with van der Waals surface area (Å²) in [5.74, 6) is -0.735. The molecule has 158 valence electrons. The van der Waals surface area contributed by atoms with Crippen LogP contribution in [0.4, 0.5) is 0 Å². The summed E-state index contributed by atoms with van der Waals surface area (Å²) in [6.07, 6.45) is 25.9. The molecule has 5 nitrogen and oxygen atoms in total. The first-order chi connectivity index (χ1) is 13.2. The van der Waals surface area contributed by atoms with Gasteiger partial charge < -0.3 is 0 Å². The summed E-state index contributed by atoms with van der Waals surface area (Å²) in [7, 11) is 0. The summed E-state index contributed by atoms with van der Waals surface area (Å²) >= 11 is 0. The Hall–Kier alpha value is -1.39. The zero-order valence-electron chi connectivity index (χ0n) is 17.5. The predicted octanol–water partition coefficient (Wildman–Crippen LogP) is 7.32. The molecule has 0 aromatic carbocycles. The van der Waals surface area contributed by atoms with Gasteiger partial charge in [-0.3, -0.25) is 4.79 Å². The van der Waals surface area contributed by atoms with E-state index in [1.807, 2.05) is 0 Å². The maximum Gasteiger partial charge on any atom is 0.303 e. The van der Waals surface area contributed by atoms with Crippen LogP contribution in [-0.2, 0) is 9.63 Å². The highest BCUT2D eigenvalue weighted by molar-refractivity contribution is 5.68. The summed E-state index contributed by atoms with van der Waals surface area (Å²) < 4.78 is 0. The van der Waals surface area contributed by atoms with Gasteiger partial charge in [-0.1, -0.05) is 96.1 Å². The molecule has 0 spiro atoms. The molecule has 0 unspecified atom stereocenters. The largest absolute Gasteiger partial charge is 0.303 e. The highest BCUT2D eigenvalue weighted by Crippen LogP contribution is 2.12. The monoisotopic (exact) mass is 383 g/mol. The zero-order valence-corrected chi connectivity index (χ0v) is 17.5. The Kier molecular flexibility index (Phi) is 19.8. The zero-order chi connectivity index (χ0) is 20.0. The Labute approximate surface area is 166 Å². The minimum absolute atomic E-state index is 0.146. The molecule has 0 heterocycles. The van der Waals surface area contributed by atoms with Crippen LogP contribution >= 0.6 is 0 Å². The van der Waals surface area contributed by atoms with Crippen LogP contribution in [0.2, 0.25) is 0 Å². The summed E-state index contributed by atoms with van der Waals surface area (Å²) in [5.41, 5.74) is 0. The highest BCUT2D eigenvalue weighted by atomic mass is 17.0. The van der Waals surface area contributed by atoms with Crippen LogP contribution in [0.1, 0.15) is 122 Å². The maximum atomic E-state index is 11.0. The molecule has 0 bridgehead atoms. The molecule has 0 radical (unpaired) electrons. The number of carbonyl (C=O) groups is 1. The number of hydrogen-bond donors (Lipinski definition) is 0. The van der Waals surface area contributed by atoms with Gasteiger partial charge in [0.15, 0.2) is 0 Å². The van der Waals surface area contributed by atoms with Gasteiger partial charge in [-0.25, -0.2) is 4.84 Å². The van der Waals surface area contributed by atoms with E-state index in [1.165, 1.54) is 89.9 Å². The standard InChI is InChI=1S/C22H41NO4/c1-2-3-4-5-6-7-8-9-10-11-12-13-14-15-16-17-18-19-20-21-22(24)27-23(25)26/h9-10H,2-8,11-21H2,1H3/b10-9-.